The predicted octanol–water partition coefficient (Wildman–Crippen LogP) is 2.61. The molecule has 0 radical (unpaired) electrons. The third-order valence-corrected chi connectivity index (χ3v) is 6.10. The first kappa shape index (κ1) is 21.2. The van der Waals surface area contributed by atoms with Crippen molar-refractivity contribution in [1.82, 2.24) is 0 Å². The Labute approximate surface area is 159 Å². The van der Waals surface area contributed by atoms with Crippen molar-refractivity contribution < 1.29 is 40.8 Å². The van der Waals surface area contributed by atoms with Crippen LogP contribution in [0.25, 0.3) is 11.1 Å². The van der Waals surface area contributed by atoms with Crippen LogP contribution in [0.2, 0.25) is 0 Å². The molecule has 10 heteroatoms. The number of rotatable bonds is 5. The Kier molecular flexibility index (Phi) is 6.24. The molecule has 2 aromatic carbocycles. The molecule has 0 bridgehead atoms. The molecule has 0 fully saturated rings. The molecule has 0 N–H and O–H groups in total. The van der Waals surface area contributed by atoms with Crippen molar-refractivity contribution in [2.24, 2.45) is 0 Å². The molecule has 0 heterocycles. The second kappa shape index (κ2) is 8.25. The molecule has 0 saturated heterocycles. The molecule has 2 aromatic rings. The van der Waals surface area contributed by atoms with Crippen molar-refractivity contribution in [2.75, 3.05) is 0 Å². The van der Waals surface area contributed by atoms with Crippen LogP contribution in [-0.2, 0) is 27.7 Å². The van der Waals surface area contributed by atoms with E-state index < -0.39 is 44.2 Å². The monoisotopic (exact) mass is 412 g/mol. The zero-order chi connectivity index (χ0) is 21.1. The van der Waals surface area contributed by atoms with E-state index in [0.717, 1.165) is 20.8 Å². The molecule has 0 unspecified atom stereocenters. The Morgan fingerprint density at radius 1 is 0.714 bits per heavy atom. The Morgan fingerprint density at radius 3 is 1.57 bits per heavy atom. The van der Waals surface area contributed by atoms with Crippen LogP contribution in [0.5, 0.6) is 0 Å². The van der Waals surface area contributed by atoms with Gasteiger partial charge in [0, 0.05) is 32.4 Å². The Hall–Kier alpha value is -3.14. The van der Waals surface area contributed by atoms with Gasteiger partial charge < -0.3 is 13.3 Å². The number of carbonyl (C=O) groups excluding carboxylic acids is 3. The summed E-state index contributed by atoms with van der Waals surface area (Å²) in [5.74, 6) is -6.12. The molecule has 0 spiro atoms. The maximum absolute atomic E-state index is 14.0. The van der Waals surface area contributed by atoms with Gasteiger partial charge in [0.15, 0.2) is 11.6 Å². The average Bonchev–Trinajstić information content (AvgIpc) is 2.56. The molecule has 148 valence electrons. The molecule has 0 aliphatic rings. The fourth-order valence-corrected chi connectivity index (χ4v) is 4.59. The summed E-state index contributed by atoms with van der Waals surface area (Å²) in [6.45, 7) is 3.12. The van der Waals surface area contributed by atoms with Crippen molar-refractivity contribution in [2.45, 2.75) is 20.8 Å². The summed E-state index contributed by atoms with van der Waals surface area (Å²) in [6.07, 6.45) is 0. The van der Waals surface area contributed by atoms with E-state index >= 15 is 0 Å². The van der Waals surface area contributed by atoms with E-state index in [-0.39, 0.29) is 16.3 Å². The van der Waals surface area contributed by atoms with Crippen molar-refractivity contribution in [3.63, 3.8) is 0 Å². The quantitative estimate of drug-likeness (QED) is 0.555. The lowest BCUT2D eigenvalue weighted by Gasteiger charge is -2.26. The topological polar surface area (TPSA) is 78.9 Å². The molecule has 0 aliphatic carbocycles. The largest absolute Gasteiger partial charge is 0.742 e. The lowest BCUT2D eigenvalue weighted by atomic mass is 10.1. The molecular formula is C18H15F3O6Si. The van der Waals surface area contributed by atoms with E-state index in [0.29, 0.717) is 12.1 Å². The smallest absolute Gasteiger partial charge is 0.452 e. The molecule has 0 aromatic heterocycles. The van der Waals surface area contributed by atoms with Gasteiger partial charge in [0.05, 0.1) is 5.19 Å². The highest BCUT2D eigenvalue weighted by Crippen LogP contribution is 2.25. The first-order valence-corrected chi connectivity index (χ1v) is 9.60. The van der Waals surface area contributed by atoms with Crippen LogP contribution in [-0.4, -0.2) is 26.7 Å². The van der Waals surface area contributed by atoms with Crippen molar-refractivity contribution in [1.29, 1.82) is 0 Å². The second-order valence-electron chi connectivity index (χ2n) is 5.66. The van der Waals surface area contributed by atoms with Crippen LogP contribution >= 0.6 is 0 Å². The highest BCUT2D eigenvalue weighted by Gasteiger charge is 2.54. The summed E-state index contributed by atoms with van der Waals surface area (Å²) >= 11 is 0. The number of hydrogen-bond acceptors (Lipinski definition) is 6. The predicted molar refractivity (Wildman–Crippen MR) is 92.4 cm³/mol. The Morgan fingerprint density at radius 2 is 1.14 bits per heavy atom. The third kappa shape index (κ3) is 4.77. The molecule has 6 nitrogen and oxygen atoms in total. The SMILES string of the molecule is CC(=O)O[Si](OC(C)=O)(OC(C)=O)c1ccc(-c2cc(F)c(F)cc2F)cc1. The summed E-state index contributed by atoms with van der Waals surface area (Å²) in [5, 5.41) is 0.0554. The van der Waals surface area contributed by atoms with Gasteiger partial charge in [-0.3, -0.25) is 14.4 Å². The average molecular weight is 412 g/mol. The summed E-state index contributed by atoms with van der Waals surface area (Å²) in [6, 6.07) is 6.24. The van der Waals surface area contributed by atoms with Crippen molar-refractivity contribution in [3.8, 4) is 11.1 Å². The molecule has 0 amide bonds. The van der Waals surface area contributed by atoms with Gasteiger partial charge in [0.1, 0.15) is 5.82 Å². The fraction of sp³-hybridized carbons (Fsp3) is 0.167. The first-order chi connectivity index (χ1) is 13.0. The summed E-state index contributed by atoms with van der Waals surface area (Å²) < 4.78 is 55.7. The van der Waals surface area contributed by atoms with Crippen LogP contribution < -0.4 is 5.19 Å². The molecule has 28 heavy (non-hydrogen) atoms. The van der Waals surface area contributed by atoms with E-state index in [1.165, 1.54) is 24.3 Å². The Bertz CT molecular complexity index is 889. The summed E-state index contributed by atoms with van der Waals surface area (Å²) in [7, 11) is -4.29. The minimum atomic E-state index is -4.29. The highest BCUT2D eigenvalue weighted by molar-refractivity contribution is 6.79. The van der Waals surface area contributed by atoms with Crippen LogP contribution in [0, 0.1) is 17.5 Å². The van der Waals surface area contributed by atoms with E-state index in [4.69, 9.17) is 13.3 Å². The second-order valence-corrected chi connectivity index (χ2v) is 7.96. The Balaban J connectivity index is 2.53. The molecule has 0 atom stereocenters. The first-order valence-electron chi connectivity index (χ1n) is 7.88. The number of benzene rings is 2. The molecule has 0 saturated carbocycles. The normalized spacial score (nSPS) is 10.9. The van der Waals surface area contributed by atoms with Gasteiger partial charge in [-0.15, -0.1) is 0 Å². The molecule has 0 aliphatic heterocycles. The van der Waals surface area contributed by atoms with Crippen LogP contribution in [0.4, 0.5) is 13.2 Å². The standard InChI is InChI=1S/C18H15F3O6Si/c1-10(22)25-28(26-11(2)23,27-12(3)24)14-6-4-13(5-7-14)15-8-17(20)18(21)9-16(15)19/h4-9H,1-3H3. The lowest BCUT2D eigenvalue weighted by Crippen LogP contribution is -2.59. The molecular weight excluding hydrogens is 397 g/mol. The third-order valence-electron chi connectivity index (χ3n) is 3.39. The van der Waals surface area contributed by atoms with Crippen LogP contribution in [0.1, 0.15) is 20.8 Å². The summed E-state index contributed by atoms with van der Waals surface area (Å²) in [5.41, 5.74) is -0.0540. The van der Waals surface area contributed by atoms with Gasteiger partial charge in [-0.1, -0.05) is 24.3 Å². The van der Waals surface area contributed by atoms with E-state index in [1.807, 2.05) is 0 Å². The zero-order valence-electron chi connectivity index (χ0n) is 15.0. The zero-order valence-corrected chi connectivity index (χ0v) is 16.0. The van der Waals surface area contributed by atoms with Gasteiger partial charge in [-0.05, 0) is 11.6 Å². The minimum absolute atomic E-state index is 0.0554. The number of carbonyl (C=O) groups is 3. The highest BCUT2D eigenvalue weighted by atomic mass is 28.4. The van der Waals surface area contributed by atoms with Gasteiger partial charge in [0.25, 0.3) is 17.9 Å². The number of hydrogen-bond donors (Lipinski definition) is 0. The van der Waals surface area contributed by atoms with Gasteiger partial charge in [-0.25, -0.2) is 13.2 Å². The fourth-order valence-electron chi connectivity index (χ4n) is 2.40. The van der Waals surface area contributed by atoms with Crippen LogP contribution in [0.15, 0.2) is 36.4 Å². The lowest BCUT2D eigenvalue weighted by molar-refractivity contribution is -0.146. The van der Waals surface area contributed by atoms with Crippen molar-refractivity contribution in [3.05, 3.63) is 53.8 Å². The van der Waals surface area contributed by atoms with E-state index in [2.05, 4.69) is 0 Å². The van der Waals surface area contributed by atoms with Crippen molar-refractivity contribution >= 4 is 31.9 Å². The minimum Gasteiger partial charge on any atom is -0.452 e. The van der Waals surface area contributed by atoms with Crippen LogP contribution in [0.3, 0.4) is 0 Å². The number of halogens is 3. The summed E-state index contributed by atoms with van der Waals surface area (Å²) in [4.78, 5) is 34.5. The van der Waals surface area contributed by atoms with E-state index in [9.17, 15) is 27.6 Å². The van der Waals surface area contributed by atoms with Gasteiger partial charge >= 0.3 is 8.80 Å². The maximum Gasteiger partial charge on any atom is 0.742 e. The molecule has 2 rings (SSSR count). The van der Waals surface area contributed by atoms with E-state index in [1.54, 1.807) is 0 Å². The maximum atomic E-state index is 14.0. The van der Waals surface area contributed by atoms with Gasteiger partial charge in [0.2, 0.25) is 0 Å². The van der Waals surface area contributed by atoms with Gasteiger partial charge in [-0.2, -0.15) is 0 Å².